The second kappa shape index (κ2) is 3.31. The minimum atomic E-state index is -0.417. The largest absolute Gasteiger partial charge is 0.396 e. The van der Waals surface area contributed by atoms with E-state index < -0.39 is 5.82 Å². The molecule has 0 aliphatic carbocycles. The van der Waals surface area contributed by atoms with Crippen molar-refractivity contribution in [1.29, 1.82) is 0 Å². The van der Waals surface area contributed by atoms with E-state index in [4.69, 9.17) is 5.73 Å². The number of aromatic amines is 2. The molecule has 0 atom stereocenters. The van der Waals surface area contributed by atoms with Crippen molar-refractivity contribution in [2.24, 2.45) is 0 Å². The maximum Gasteiger partial charge on any atom is 0.146 e. The van der Waals surface area contributed by atoms with Crippen LogP contribution >= 0.6 is 0 Å². The van der Waals surface area contributed by atoms with Crippen LogP contribution in [0.3, 0.4) is 0 Å². The lowest BCUT2D eigenvalue weighted by Crippen LogP contribution is -1.89. The molecule has 0 aliphatic rings. The number of anilines is 1. The van der Waals surface area contributed by atoms with Crippen LogP contribution in [0.15, 0.2) is 18.2 Å². The summed E-state index contributed by atoms with van der Waals surface area (Å²) in [7, 11) is 0. The molecular formula is C11H10FN5. The maximum absolute atomic E-state index is 13.3. The van der Waals surface area contributed by atoms with Gasteiger partial charge in [-0.3, -0.25) is 0 Å². The molecule has 3 rings (SSSR count). The number of aromatic nitrogens is 4. The number of hydrogen-bond acceptors (Lipinski definition) is 3. The van der Waals surface area contributed by atoms with Gasteiger partial charge < -0.3 is 10.7 Å². The molecule has 0 fully saturated rings. The molecule has 2 aromatic heterocycles. The molecule has 17 heavy (non-hydrogen) atoms. The number of nitrogens with one attached hydrogen (secondary N) is 2. The highest BCUT2D eigenvalue weighted by atomic mass is 19.1. The summed E-state index contributed by atoms with van der Waals surface area (Å²) in [5.74, 6) is -0.417. The lowest BCUT2D eigenvalue weighted by atomic mass is 10.2. The zero-order chi connectivity index (χ0) is 12.0. The number of hydrogen-bond donors (Lipinski definition) is 3. The van der Waals surface area contributed by atoms with Crippen LogP contribution in [0.1, 0.15) is 5.69 Å². The second-order valence-electron chi connectivity index (χ2n) is 3.90. The van der Waals surface area contributed by atoms with E-state index in [1.54, 1.807) is 6.07 Å². The van der Waals surface area contributed by atoms with E-state index in [9.17, 15) is 4.39 Å². The van der Waals surface area contributed by atoms with Crippen molar-refractivity contribution >= 4 is 16.6 Å². The summed E-state index contributed by atoms with van der Waals surface area (Å²) >= 11 is 0. The molecule has 0 saturated carbocycles. The van der Waals surface area contributed by atoms with Crippen molar-refractivity contribution < 1.29 is 4.39 Å². The van der Waals surface area contributed by atoms with Crippen molar-refractivity contribution in [2.75, 3.05) is 5.73 Å². The quantitative estimate of drug-likeness (QED) is 0.560. The van der Waals surface area contributed by atoms with Gasteiger partial charge in [0.05, 0.1) is 17.1 Å². The van der Waals surface area contributed by atoms with Crippen LogP contribution in [0, 0.1) is 12.7 Å². The Labute approximate surface area is 95.8 Å². The molecule has 3 aromatic rings. The van der Waals surface area contributed by atoms with E-state index in [0.717, 1.165) is 28.0 Å². The number of H-pyrrole nitrogens is 2. The van der Waals surface area contributed by atoms with E-state index >= 15 is 0 Å². The minimum Gasteiger partial charge on any atom is -0.396 e. The first kappa shape index (κ1) is 9.83. The Hall–Kier alpha value is -2.37. The van der Waals surface area contributed by atoms with Crippen molar-refractivity contribution in [1.82, 2.24) is 20.4 Å². The number of nitrogens with zero attached hydrogens (tertiary/aromatic N) is 2. The number of rotatable bonds is 1. The summed E-state index contributed by atoms with van der Waals surface area (Å²) in [6.45, 7) is 1.85. The fourth-order valence-electron chi connectivity index (χ4n) is 1.84. The molecule has 0 unspecified atom stereocenters. The van der Waals surface area contributed by atoms with Crippen LogP contribution in [0.4, 0.5) is 10.1 Å². The van der Waals surface area contributed by atoms with Crippen molar-refractivity contribution in [3.8, 4) is 11.4 Å². The lowest BCUT2D eigenvalue weighted by molar-refractivity contribution is 0.634. The molecule has 0 aliphatic heterocycles. The average Bonchev–Trinajstić information content (AvgIpc) is 2.85. The van der Waals surface area contributed by atoms with Gasteiger partial charge in [0.15, 0.2) is 0 Å². The van der Waals surface area contributed by atoms with Crippen molar-refractivity contribution in [3.05, 3.63) is 29.7 Å². The minimum absolute atomic E-state index is 0.128. The standard InChI is InChI=1S/C11H10FN5/c1-5-11(16-17-15-5)10-3-6-2-7(12)8(13)4-9(6)14-10/h2-4,14H,13H2,1H3,(H,15,16,17). The Morgan fingerprint density at radius 1 is 1.24 bits per heavy atom. The Morgan fingerprint density at radius 3 is 2.76 bits per heavy atom. The third-order valence-electron chi connectivity index (χ3n) is 2.72. The smallest absolute Gasteiger partial charge is 0.146 e. The third-order valence-corrected chi connectivity index (χ3v) is 2.72. The zero-order valence-corrected chi connectivity index (χ0v) is 9.08. The summed E-state index contributed by atoms with van der Waals surface area (Å²) in [6.07, 6.45) is 0. The lowest BCUT2D eigenvalue weighted by Gasteiger charge is -1.95. The van der Waals surface area contributed by atoms with Crippen molar-refractivity contribution in [2.45, 2.75) is 6.92 Å². The number of fused-ring (bicyclic) bond motifs is 1. The molecule has 86 valence electrons. The van der Waals surface area contributed by atoms with Crippen LogP contribution in [-0.2, 0) is 0 Å². The fourth-order valence-corrected chi connectivity index (χ4v) is 1.84. The Bertz CT molecular complexity index is 658. The highest BCUT2D eigenvalue weighted by Gasteiger charge is 2.11. The summed E-state index contributed by atoms with van der Waals surface area (Å²) in [4.78, 5) is 3.14. The second-order valence-corrected chi connectivity index (χ2v) is 3.90. The first-order valence-electron chi connectivity index (χ1n) is 5.10. The molecule has 0 saturated heterocycles. The number of nitrogen functional groups attached to an aromatic ring is 1. The van der Waals surface area contributed by atoms with E-state index in [0.29, 0.717) is 0 Å². The van der Waals surface area contributed by atoms with Crippen LogP contribution in [0.2, 0.25) is 0 Å². The Morgan fingerprint density at radius 2 is 2.06 bits per heavy atom. The van der Waals surface area contributed by atoms with Crippen LogP contribution in [0.5, 0.6) is 0 Å². The number of nitrogens with two attached hydrogens (primary N) is 1. The third kappa shape index (κ3) is 1.45. The molecular weight excluding hydrogens is 221 g/mol. The van der Waals surface area contributed by atoms with Gasteiger partial charge in [-0.05, 0) is 25.1 Å². The number of benzene rings is 1. The zero-order valence-electron chi connectivity index (χ0n) is 9.08. The van der Waals surface area contributed by atoms with Gasteiger partial charge in [0.1, 0.15) is 11.5 Å². The monoisotopic (exact) mass is 231 g/mol. The SMILES string of the molecule is Cc1n[nH]nc1-c1cc2cc(F)c(N)cc2[nH]1. The molecule has 0 radical (unpaired) electrons. The van der Waals surface area contributed by atoms with Crippen LogP contribution in [-0.4, -0.2) is 20.4 Å². The normalized spacial score (nSPS) is 11.2. The molecule has 0 bridgehead atoms. The predicted octanol–water partition coefficient (Wildman–Crippen LogP) is 1.98. The van der Waals surface area contributed by atoms with Gasteiger partial charge in [0.2, 0.25) is 0 Å². The summed E-state index contributed by atoms with van der Waals surface area (Å²) in [5, 5.41) is 11.3. The molecule has 1 aromatic carbocycles. The van der Waals surface area contributed by atoms with Gasteiger partial charge in [0, 0.05) is 10.9 Å². The number of halogens is 1. The van der Waals surface area contributed by atoms with Crippen LogP contribution in [0.25, 0.3) is 22.3 Å². The molecule has 2 heterocycles. The van der Waals surface area contributed by atoms with Gasteiger partial charge in [-0.25, -0.2) is 4.39 Å². The highest BCUT2D eigenvalue weighted by Crippen LogP contribution is 2.26. The van der Waals surface area contributed by atoms with Gasteiger partial charge >= 0.3 is 0 Å². The molecule has 4 N–H and O–H groups in total. The van der Waals surface area contributed by atoms with E-state index in [2.05, 4.69) is 20.4 Å². The summed E-state index contributed by atoms with van der Waals surface area (Å²) in [6, 6.07) is 4.80. The Kier molecular flexibility index (Phi) is 1.91. The Balaban J connectivity index is 2.24. The molecule has 0 spiro atoms. The van der Waals surface area contributed by atoms with E-state index in [1.165, 1.54) is 6.07 Å². The van der Waals surface area contributed by atoms with Gasteiger partial charge in [0.25, 0.3) is 0 Å². The molecule has 5 nitrogen and oxygen atoms in total. The van der Waals surface area contributed by atoms with Crippen molar-refractivity contribution in [3.63, 3.8) is 0 Å². The molecule has 6 heteroatoms. The topological polar surface area (TPSA) is 83.4 Å². The van der Waals surface area contributed by atoms with Gasteiger partial charge in [-0.2, -0.15) is 15.4 Å². The van der Waals surface area contributed by atoms with E-state index in [-0.39, 0.29) is 5.69 Å². The first-order valence-corrected chi connectivity index (χ1v) is 5.10. The van der Waals surface area contributed by atoms with E-state index in [1.807, 2.05) is 13.0 Å². The summed E-state index contributed by atoms with van der Waals surface area (Å²) < 4.78 is 13.3. The number of aryl methyl sites for hydroxylation is 1. The predicted molar refractivity (Wildman–Crippen MR) is 62.8 cm³/mol. The molecule has 0 amide bonds. The van der Waals surface area contributed by atoms with Gasteiger partial charge in [-0.15, -0.1) is 0 Å². The fraction of sp³-hybridized carbons (Fsp3) is 0.0909. The maximum atomic E-state index is 13.3. The average molecular weight is 231 g/mol. The summed E-state index contributed by atoms with van der Waals surface area (Å²) in [5.41, 5.74) is 8.71. The highest BCUT2D eigenvalue weighted by molar-refractivity contribution is 5.87. The van der Waals surface area contributed by atoms with Crippen LogP contribution < -0.4 is 5.73 Å². The first-order chi connectivity index (χ1) is 8.15. The van der Waals surface area contributed by atoms with Gasteiger partial charge in [-0.1, -0.05) is 0 Å².